The van der Waals surface area contributed by atoms with Gasteiger partial charge in [-0.3, -0.25) is 0 Å². The van der Waals surface area contributed by atoms with Crippen molar-refractivity contribution in [2.45, 2.75) is 13.3 Å². The third-order valence-corrected chi connectivity index (χ3v) is 2.38. The van der Waals surface area contributed by atoms with Crippen molar-refractivity contribution < 1.29 is 8.78 Å². The largest absolute Gasteiger partial charge is 0.383 e. The summed E-state index contributed by atoms with van der Waals surface area (Å²) in [4.78, 5) is 3.87. The fraction of sp³-hybridized carbons (Fsp3) is 0.182. The van der Waals surface area contributed by atoms with Crippen LogP contribution >= 0.6 is 0 Å². The Bertz CT molecular complexity index is 523. The zero-order valence-corrected chi connectivity index (χ0v) is 8.22. The summed E-state index contributed by atoms with van der Waals surface area (Å²) in [5.74, 6) is -0.774. The second kappa shape index (κ2) is 3.46. The molecule has 0 aliphatic rings. The zero-order valence-electron chi connectivity index (χ0n) is 8.22. The van der Waals surface area contributed by atoms with E-state index < -0.39 is 11.6 Å². The maximum absolute atomic E-state index is 13.4. The number of halogens is 2. The summed E-state index contributed by atoms with van der Waals surface area (Å²) >= 11 is 0. The van der Waals surface area contributed by atoms with Crippen molar-refractivity contribution in [3.63, 3.8) is 0 Å². The molecule has 1 aromatic carbocycles. The Morgan fingerprint density at radius 3 is 2.60 bits per heavy atom. The van der Waals surface area contributed by atoms with Gasteiger partial charge in [-0.2, -0.15) is 0 Å². The van der Waals surface area contributed by atoms with E-state index in [1.807, 2.05) is 6.92 Å². The van der Waals surface area contributed by atoms with Crippen LogP contribution in [0.5, 0.6) is 0 Å². The Morgan fingerprint density at radius 1 is 1.27 bits per heavy atom. The van der Waals surface area contributed by atoms with Crippen molar-refractivity contribution in [2.75, 3.05) is 5.73 Å². The van der Waals surface area contributed by atoms with Crippen LogP contribution in [0.15, 0.2) is 18.2 Å². The van der Waals surface area contributed by atoms with Crippen molar-refractivity contribution >= 4 is 16.7 Å². The van der Waals surface area contributed by atoms with Crippen molar-refractivity contribution in [1.82, 2.24) is 4.98 Å². The number of aryl methyl sites for hydroxylation is 1. The number of fused-ring (bicyclic) bond motifs is 1. The molecule has 2 N–H and O–H groups in total. The molecule has 78 valence electrons. The van der Waals surface area contributed by atoms with Gasteiger partial charge in [0.1, 0.15) is 23.0 Å². The lowest BCUT2D eigenvalue weighted by molar-refractivity contribution is 0.615. The number of benzene rings is 1. The molecule has 0 saturated carbocycles. The fourth-order valence-corrected chi connectivity index (χ4v) is 1.53. The number of nitrogens with zero attached hydrogens (tertiary/aromatic N) is 1. The Labute approximate surface area is 85.7 Å². The maximum atomic E-state index is 13.4. The van der Waals surface area contributed by atoms with Crippen LogP contribution in [0.4, 0.5) is 14.6 Å². The van der Waals surface area contributed by atoms with Gasteiger partial charge in [0.2, 0.25) is 0 Å². The Morgan fingerprint density at radius 2 is 1.93 bits per heavy atom. The average Bonchev–Trinajstić information content (AvgIpc) is 2.23. The average molecular weight is 208 g/mol. The first kappa shape index (κ1) is 9.83. The third kappa shape index (κ3) is 1.52. The molecule has 0 atom stereocenters. The van der Waals surface area contributed by atoms with Crippen molar-refractivity contribution in [1.29, 1.82) is 0 Å². The molecule has 2 aromatic rings. The molecule has 0 spiro atoms. The number of hydrogen-bond acceptors (Lipinski definition) is 2. The number of nitrogen functional groups attached to an aromatic ring is 1. The summed E-state index contributed by atoms with van der Waals surface area (Å²) in [6.07, 6.45) is 0.644. The van der Waals surface area contributed by atoms with Gasteiger partial charge in [-0.05, 0) is 30.2 Å². The molecule has 4 heteroatoms. The lowest BCUT2D eigenvalue weighted by Crippen LogP contribution is -1.99. The Kier molecular flexibility index (Phi) is 2.26. The van der Waals surface area contributed by atoms with E-state index in [9.17, 15) is 8.78 Å². The topological polar surface area (TPSA) is 38.9 Å². The minimum absolute atomic E-state index is 0.00954. The predicted octanol–water partition coefficient (Wildman–Crippen LogP) is 2.66. The minimum Gasteiger partial charge on any atom is -0.383 e. The van der Waals surface area contributed by atoms with Gasteiger partial charge >= 0.3 is 0 Å². The van der Waals surface area contributed by atoms with Gasteiger partial charge in [0.05, 0.1) is 0 Å². The Hall–Kier alpha value is -1.71. The van der Waals surface area contributed by atoms with E-state index in [4.69, 9.17) is 5.73 Å². The first-order valence-electron chi connectivity index (χ1n) is 4.66. The van der Waals surface area contributed by atoms with Crippen LogP contribution < -0.4 is 5.73 Å². The molecule has 0 saturated heterocycles. The summed E-state index contributed by atoms with van der Waals surface area (Å²) in [7, 11) is 0. The molecule has 0 aliphatic heterocycles. The molecule has 1 aromatic heterocycles. The van der Waals surface area contributed by atoms with Gasteiger partial charge in [-0.25, -0.2) is 13.8 Å². The molecule has 1 heterocycles. The van der Waals surface area contributed by atoms with Crippen molar-refractivity contribution in [3.05, 3.63) is 35.4 Å². The van der Waals surface area contributed by atoms with E-state index in [0.29, 0.717) is 6.42 Å². The van der Waals surface area contributed by atoms with E-state index >= 15 is 0 Å². The summed E-state index contributed by atoms with van der Waals surface area (Å²) in [5.41, 5.74) is 6.34. The molecular formula is C11H10F2N2. The van der Waals surface area contributed by atoms with Crippen LogP contribution in [0, 0.1) is 11.6 Å². The molecule has 0 fully saturated rings. The molecule has 0 unspecified atom stereocenters. The first-order valence-corrected chi connectivity index (χ1v) is 4.66. The van der Waals surface area contributed by atoms with Gasteiger partial charge < -0.3 is 5.73 Å². The molecule has 0 amide bonds. The number of nitrogens with two attached hydrogens (primary N) is 1. The van der Waals surface area contributed by atoms with E-state index in [1.165, 1.54) is 0 Å². The van der Waals surface area contributed by atoms with Crippen LogP contribution in [0.1, 0.15) is 12.5 Å². The second-order valence-corrected chi connectivity index (χ2v) is 3.31. The summed E-state index contributed by atoms with van der Waals surface area (Å²) in [6.45, 7) is 1.89. The smallest absolute Gasteiger partial charge is 0.149 e. The van der Waals surface area contributed by atoms with Gasteiger partial charge in [0, 0.05) is 5.39 Å². The SMILES string of the molecule is CCc1cc2c(F)ccc(F)c2nc1N. The van der Waals surface area contributed by atoms with Crippen LogP contribution in [0.3, 0.4) is 0 Å². The molecular weight excluding hydrogens is 198 g/mol. The number of pyridine rings is 1. The number of aromatic nitrogens is 1. The van der Waals surface area contributed by atoms with Crippen molar-refractivity contribution in [2.24, 2.45) is 0 Å². The highest BCUT2D eigenvalue weighted by Gasteiger charge is 2.10. The van der Waals surface area contributed by atoms with Gasteiger partial charge in [0.15, 0.2) is 0 Å². The molecule has 0 aliphatic carbocycles. The van der Waals surface area contributed by atoms with E-state index in [1.54, 1.807) is 6.07 Å². The highest BCUT2D eigenvalue weighted by atomic mass is 19.1. The zero-order chi connectivity index (χ0) is 11.0. The predicted molar refractivity (Wildman–Crippen MR) is 55.4 cm³/mol. The normalized spacial score (nSPS) is 10.9. The van der Waals surface area contributed by atoms with E-state index in [-0.39, 0.29) is 16.7 Å². The second-order valence-electron chi connectivity index (χ2n) is 3.31. The van der Waals surface area contributed by atoms with Crippen LogP contribution in [-0.4, -0.2) is 4.98 Å². The number of anilines is 1. The van der Waals surface area contributed by atoms with Crippen LogP contribution in [0.25, 0.3) is 10.9 Å². The molecule has 0 radical (unpaired) electrons. The van der Waals surface area contributed by atoms with E-state index in [2.05, 4.69) is 4.98 Å². The third-order valence-electron chi connectivity index (χ3n) is 2.38. The van der Waals surface area contributed by atoms with Crippen molar-refractivity contribution in [3.8, 4) is 0 Å². The lowest BCUT2D eigenvalue weighted by Gasteiger charge is -2.06. The molecule has 2 rings (SSSR count). The molecule has 2 nitrogen and oxygen atoms in total. The highest BCUT2D eigenvalue weighted by molar-refractivity contribution is 5.82. The van der Waals surface area contributed by atoms with Gasteiger partial charge in [0.25, 0.3) is 0 Å². The summed E-state index contributed by atoms with van der Waals surface area (Å²) < 4.78 is 26.7. The lowest BCUT2D eigenvalue weighted by atomic mass is 10.1. The molecule has 15 heavy (non-hydrogen) atoms. The highest BCUT2D eigenvalue weighted by Crippen LogP contribution is 2.23. The van der Waals surface area contributed by atoms with E-state index in [0.717, 1.165) is 17.7 Å². The van der Waals surface area contributed by atoms with Gasteiger partial charge in [-0.1, -0.05) is 6.92 Å². The molecule has 0 bridgehead atoms. The standard InChI is InChI=1S/C11H10F2N2/c1-2-6-5-7-8(12)3-4-9(13)10(7)15-11(6)14/h3-5H,2H2,1H3,(H2,14,15). The number of hydrogen-bond donors (Lipinski definition) is 1. The van der Waals surface area contributed by atoms with Crippen LogP contribution in [0.2, 0.25) is 0 Å². The quantitative estimate of drug-likeness (QED) is 0.782. The van der Waals surface area contributed by atoms with Gasteiger partial charge in [-0.15, -0.1) is 0 Å². The summed E-state index contributed by atoms with van der Waals surface area (Å²) in [5, 5.41) is 0.182. The summed E-state index contributed by atoms with van der Waals surface area (Å²) in [6, 6.07) is 3.70. The Balaban J connectivity index is 2.86. The number of rotatable bonds is 1. The minimum atomic E-state index is -0.555. The maximum Gasteiger partial charge on any atom is 0.149 e. The van der Waals surface area contributed by atoms with Crippen LogP contribution in [-0.2, 0) is 6.42 Å². The monoisotopic (exact) mass is 208 g/mol. The first-order chi connectivity index (χ1) is 7.13. The fourth-order valence-electron chi connectivity index (χ4n) is 1.53.